The first-order chi connectivity index (χ1) is 9.30. The molecule has 116 valence electrons. The summed E-state index contributed by atoms with van der Waals surface area (Å²) in [6.45, 7) is 9.86. The number of aliphatic carboxylic acids is 1. The molecule has 1 saturated heterocycles. The average molecular weight is 287 g/mol. The number of ether oxygens (including phenoxy) is 1. The zero-order chi connectivity index (χ0) is 15.2. The second-order valence-corrected chi connectivity index (χ2v) is 5.82. The summed E-state index contributed by atoms with van der Waals surface area (Å²) in [4.78, 5) is 26.2. The van der Waals surface area contributed by atoms with E-state index in [0.29, 0.717) is 19.6 Å². The molecule has 2 N–H and O–H groups in total. The van der Waals surface area contributed by atoms with Crippen LogP contribution in [-0.2, 0) is 9.53 Å². The molecule has 0 radical (unpaired) electrons. The van der Waals surface area contributed by atoms with Crippen LogP contribution in [0, 0.1) is 0 Å². The van der Waals surface area contributed by atoms with E-state index in [-0.39, 0.29) is 24.8 Å². The second kappa shape index (κ2) is 7.44. The van der Waals surface area contributed by atoms with E-state index in [9.17, 15) is 9.59 Å². The molecular formula is C13H25N3O4. The molecule has 0 spiro atoms. The Morgan fingerprint density at radius 1 is 1.20 bits per heavy atom. The van der Waals surface area contributed by atoms with Gasteiger partial charge in [0.15, 0.2) is 0 Å². The molecule has 1 heterocycles. The van der Waals surface area contributed by atoms with Gasteiger partial charge in [-0.3, -0.25) is 4.90 Å². The Bertz CT molecular complexity index is 333. The van der Waals surface area contributed by atoms with Crippen molar-refractivity contribution in [2.75, 3.05) is 45.9 Å². The van der Waals surface area contributed by atoms with Crippen LogP contribution in [0.5, 0.6) is 0 Å². The lowest BCUT2D eigenvalue weighted by Crippen LogP contribution is -2.56. The fraction of sp³-hybridized carbons (Fsp3) is 0.846. The molecule has 1 rings (SSSR count). The predicted octanol–water partition coefficient (Wildman–Crippen LogP) is 0.213. The topological polar surface area (TPSA) is 82.1 Å². The third-order valence-corrected chi connectivity index (χ3v) is 3.26. The molecule has 1 fully saturated rings. The van der Waals surface area contributed by atoms with Gasteiger partial charge in [0.05, 0.1) is 6.61 Å². The van der Waals surface area contributed by atoms with Gasteiger partial charge in [0.2, 0.25) is 0 Å². The molecule has 7 nitrogen and oxygen atoms in total. The van der Waals surface area contributed by atoms with E-state index in [1.165, 1.54) is 0 Å². The molecule has 0 unspecified atom stereocenters. The van der Waals surface area contributed by atoms with Gasteiger partial charge in [-0.15, -0.1) is 0 Å². The average Bonchev–Trinajstić information content (AvgIpc) is 2.37. The lowest BCUT2D eigenvalue weighted by atomic mass is 10.1. The highest BCUT2D eigenvalue weighted by molar-refractivity contribution is 5.74. The Labute approximate surface area is 119 Å². The Hall–Kier alpha value is -1.34. The maximum absolute atomic E-state index is 11.9. The van der Waals surface area contributed by atoms with Crippen LogP contribution in [0.1, 0.15) is 20.8 Å². The number of carbonyl (C=O) groups excluding carboxylic acids is 1. The van der Waals surface area contributed by atoms with Gasteiger partial charge in [-0.2, -0.15) is 0 Å². The van der Waals surface area contributed by atoms with Crippen molar-refractivity contribution in [2.24, 2.45) is 0 Å². The van der Waals surface area contributed by atoms with E-state index >= 15 is 0 Å². The first-order valence-electron chi connectivity index (χ1n) is 6.88. The summed E-state index contributed by atoms with van der Waals surface area (Å²) in [6, 6.07) is -0.113. The summed E-state index contributed by atoms with van der Waals surface area (Å²) < 4.78 is 4.85. The molecule has 1 aliphatic rings. The van der Waals surface area contributed by atoms with E-state index in [1.807, 2.05) is 0 Å². The van der Waals surface area contributed by atoms with Crippen LogP contribution >= 0.6 is 0 Å². The summed E-state index contributed by atoms with van der Waals surface area (Å²) in [5, 5.41) is 11.1. The van der Waals surface area contributed by atoms with Crippen molar-refractivity contribution in [3.8, 4) is 0 Å². The molecule has 0 aromatic rings. The number of carboxylic acid groups (broad SMARTS) is 1. The molecule has 0 atom stereocenters. The predicted molar refractivity (Wildman–Crippen MR) is 74.8 cm³/mol. The highest BCUT2D eigenvalue weighted by Crippen LogP contribution is 2.15. The van der Waals surface area contributed by atoms with Crippen LogP contribution in [0.25, 0.3) is 0 Å². The third kappa shape index (κ3) is 5.75. The molecule has 0 saturated carbocycles. The summed E-state index contributed by atoms with van der Waals surface area (Å²) >= 11 is 0. The van der Waals surface area contributed by atoms with Crippen molar-refractivity contribution >= 4 is 12.0 Å². The molecular weight excluding hydrogens is 262 g/mol. The van der Waals surface area contributed by atoms with Crippen LogP contribution in [0.3, 0.4) is 0 Å². The number of rotatable bonds is 5. The van der Waals surface area contributed by atoms with Crippen LogP contribution < -0.4 is 5.32 Å². The number of hydrogen-bond donors (Lipinski definition) is 2. The molecule has 1 aliphatic heterocycles. The van der Waals surface area contributed by atoms with Crippen LogP contribution in [0.15, 0.2) is 0 Å². The molecule has 20 heavy (non-hydrogen) atoms. The molecule has 7 heteroatoms. The molecule has 2 amide bonds. The van der Waals surface area contributed by atoms with Crippen LogP contribution in [0.4, 0.5) is 4.79 Å². The first-order valence-corrected chi connectivity index (χ1v) is 6.88. The quantitative estimate of drug-likeness (QED) is 0.707. The lowest BCUT2D eigenvalue weighted by Gasteiger charge is -2.42. The Morgan fingerprint density at radius 2 is 1.80 bits per heavy atom. The SMILES string of the molecule is CC(C)(C)N1CCN(C(=O)NCCOCC(=O)O)CC1. The summed E-state index contributed by atoms with van der Waals surface area (Å²) in [7, 11) is 0. The molecule has 0 aromatic heterocycles. The van der Waals surface area contributed by atoms with Gasteiger partial charge in [-0.25, -0.2) is 9.59 Å². The minimum Gasteiger partial charge on any atom is -0.480 e. The van der Waals surface area contributed by atoms with E-state index < -0.39 is 5.97 Å². The minimum atomic E-state index is -1.00. The van der Waals surface area contributed by atoms with E-state index in [4.69, 9.17) is 9.84 Å². The van der Waals surface area contributed by atoms with Crippen molar-refractivity contribution < 1.29 is 19.4 Å². The third-order valence-electron chi connectivity index (χ3n) is 3.26. The fourth-order valence-corrected chi connectivity index (χ4v) is 2.08. The second-order valence-electron chi connectivity index (χ2n) is 5.82. The number of nitrogens with zero attached hydrogens (tertiary/aromatic N) is 2. The summed E-state index contributed by atoms with van der Waals surface area (Å²) in [5.41, 5.74) is 0.132. The monoisotopic (exact) mass is 287 g/mol. The van der Waals surface area contributed by atoms with Crippen LogP contribution in [-0.4, -0.2) is 78.4 Å². The maximum atomic E-state index is 11.9. The summed E-state index contributed by atoms with van der Waals surface area (Å²) in [6.07, 6.45) is 0. The number of carbonyl (C=O) groups is 2. The van der Waals surface area contributed by atoms with Gasteiger partial charge in [0.1, 0.15) is 6.61 Å². The summed E-state index contributed by atoms with van der Waals surface area (Å²) in [5.74, 6) is -1.00. The maximum Gasteiger partial charge on any atom is 0.329 e. The van der Waals surface area contributed by atoms with Crippen LogP contribution in [0.2, 0.25) is 0 Å². The fourth-order valence-electron chi connectivity index (χ4n) is 2.08. The van der Waals surface area contributed by atoms with E-state index in [2.05, 4.69) is 31.0 Å². The molecule has 0 aliphatic carbocycles. The van der Waals surface area contributed by atoms with E-state index in [1.54, 1.807) is 4.90 Å². The van der Waals surface area contributed by atoms with Gasteiger partial charge in [-0.1, -0.05) is 0 Å². The Kier molecular flexibility index (Phi) is 6.22. The first kappa shape index (κ1) is 16.7. The number of amides is 2. The highest BCUT2D eigenvalue weighted by atomic mass is 16.5. The number of urea groups is 1. The van der Waals surface area contributed by atoms with Crippen molar-refractivity contribution in [2.45, 2.75) is 26.3 Å². The lowest BCUT2D eigenvalue weighted by molar-refractivity contribution is -0.142. The van der Waals surface area contributed by atoms with Gasteiger partial charge in [0, 0.05) is 38.3 Å². The normalized spacial score (nSPS) is 17.1. The number of nitrogens with one attached hydrogen (secondary N) is 1. The van der Waals surface area contributed by atoms with Gasteiger partial charge < -0.3 is 20.1 Å². The van der Waals surface area contributed by atoms with Crippen molar-refractivity contribution in [1.82, 2.24) is 15.1 Å². The number of piperazine rings is 1. The van der Waals surface area contributed by atoms with E-state index in [0.717, 1.165) is 13.1 Å². The Balaban J connectivity index is 2.18. The number of carboxylic acids is 1. The van der Waals surface area contributed by atoms with Gasteiger partial charge in [0.25, 0.3) is 0 Å². The Morgan fingerprint density at radius 3 is 2.30 bits per heavy atom. The zero-order valence-electron chi connectivity index (χ0n) is 12.5. The minimum absolute atomic E-state index is 0.113. The van der Waals surface area contributed by atoms with Crippen molar-refractivity contribution in [3.05, 3.63) is 0 Å². The van der Waals surface area contributed by atoms with Crippen molar-refractivity contribution in [1.29, 1.82) is 0 Å². The molecule has 0 bridgehead atoms. The molecule has 0 aromatic carbocycles. The zero-order valence-corrected chi connectivity index (χ0v) is 12.5. The van der Waals surface area contributed by atoms with Gasteiger partial charge in [-0.05, 0) is 20.8 Å². The van der Waals surface area contributed by atoms with Crippen molar-refractivity contribution in [3.63, 3.8) is 0 Å². The van der Waals surface area contributed by atoms with Gasteiger partial charge >= 0.3 is 12.0 Å². The smallest absolute Gasteiger partial charge is 0.329 e. The number of hydrogen-bond acceptors (Lipinski definition) is 4. The largest absolute Gasteiger partial charge is 0.480 e. The highest BCUT2D eigenvalue weighted by Gasteiger charge is 2.27. The standard InChI is InChI=1S/C13H25N3O4/c1-13(2,3)16-7-5-15(6-8-16)12(19)14-4-9-20-10-11(17)18/h4-10H2,1-3H3,(H,14,19)(H,17,18).